The lowest BCUT2D eigenvalue weighted by Gasteiger charge is -2.54. The Bertz CT molecular complexity index is 429. The van der Waals surface area contributed by atoms with Crippen LogP contribution in [0.5, 0.6) is 0 Å². The van der Waals surface area contributed by atoms with Gasteiger partial charge >= 0.3 is 11.9 Å². The number of likely N-dealkylation sites (tertiary alicyclic amines) is 1. The van der Waals surface area contributed by atoms with Crippen LogP contribution in [-0.2, 0) is 14.3 Å². The summed E-state index contributed by atoms with van der Waals surface area (Å²) in [6.07, 6.45) is 6.39. The van der Waals surface area contributed by atoms with Crippen LogP contribution in [0.3, 0.4) is 0 Å². The summed E-state index contributed by atoms with van der Waals surface area (Å²) >= 11 is 0. The quantitative estimate of drug-likeness (QED) is 0.449. The van der Waals surface area contributed by atoms with Crippen LogP contribution in [-0.4, -0.2) is 46.2 Å². The number of piperidine rings is 1. The van der Waals surface area contributed by atoms with Crippen LogP contribution in [0.25, 0.3) is 0 Å². The number of carboxylic acid groups (broad SMARTS) is 1. The molecule has 1 atom stereocenters. The maximum absolute atomic E-state index is 11.3. The molecule has 1 aliphatic rings. The Hall–Kier alpha value is -1.36. The number of nitrogens with zero attached hydrogens (tertiary/aromatic N) is 1. The van der Waals surface area contributed by atoms with Crippen molar-refractivity contribution < 1.29 is 19.4 Å². The number of likely N-dealkylation sites (N-methyl/N-ethyl adjacent to an activating group) is 1. The summed E-state index contributed by atoms with van der Waals surface area (Å²) in [5.41, 5.74) is 0.0149. The van der Waals surface area contributed by atoms with Crippen molar-refractivity contribution in [3.05, 3.63) is 12.7 Å². The highest BCUT2D eigenvalue weighted by atomic mass is 16.5. The number of hydrogen-bond donors (Lipinski definition) is 1. The number of carbonyl (C=O) groups is 2. The molecule has 1 N–H and O–H groups in total. The van der Waals surface area contributed by atoms with E-state index in [1.165, 1.54) is 6.08 Å². The molecule has 1 heterocycles. The molecule has 1 fully saturated rings. The lowest BCUT2D eigenvalue weighted by atomic mass is 9.78. The van der Waals surface area contributed by atoms with Gasteiger partial charge in [0.25, 0.3) is 0 Å². The first kappa shape index (κ1) is 22.6. The van der Waals surface area contributed by atoms with Gasteiger partial charge in [0, 0.05) is 18.0 Å². The van der Waals surface area contributed by atoms with Crippen LogP contribution in [0.4, 0.5) is 0 Å². The SMILES string of the molecule is C=CC(=O)OC1CCC(C)(C)N(C)C1(C)C.CCCCCC(=O)O. The second kappa shape index (κ2) is 9.82. The topological polar surface area (TPSA) is 66.8 Å². The summed E-state index contributed by atoms with van der Waals surface area (Å²) in [6.45, 7) is 14.2. The van der Waals surface area contributed by atoms with Crippen molar-refractivity contribution in [1.29, 1.82) is 0 Å². The summed E-state index contributed by atoms with van der Waals surface area (Å²) in [5.74, 6) is -1.01. The largest absolute Gasteiger partial charge is 0.481 e. The second-order valence-electron chi connectivity index (χ2n) is 7.54. The number of aliphatic carboxylic acids is 1. The molecule has 0 amide bonds. The van der Waals surface area contributed by atoms with Gasteiger partial charge in [0.05, 0.1) is 5.54 Å². The first-order valence-electron chi connectivity index (χ1n) is 8.77. The molecule has 0 aromatic heterocycles. The van der Waals surface area contributed by atoms with E-state index in [1.54, 1.807) is 0 Å². The van der Waals surface area contributed by atoms with Crippen LogP contribution < -0.4 is 0 Å². The van der Waals surface area contributed by atoms with Crippen LogP contribution in [0.1, 0.15) is 73.1 Å². The molecule has 5 heteroatoms. The molecule has 1 unspecified atom stereocenters. The van der Waals surface area contributed by atoms with Crippen LogP contribution in [0.2, 0.25) is 0 Å². The summed E-state index contributed by atoms with van der Waals surface area (Å²) < 4.78 is 5.42. The summed E-state index contributed by atoms with van der Waals surface area (Å²) in [5, 5.41) is 8.14. The third-order valence-corrected chi connectivity index (χ3v) is 5.00. The maximum Gasteiger partial charge on any atom is 0.330 e. The van der Waals surface area contributed by atoms with Gasteiger partial charge in [-0.15, -0.1) is 0 Å². The number of carboxylic acids is 1. The van der Waals surface area contributed by atoms with Gasteiger partial charge < -0.3 is 9.84 Å². The van der Waals surface area contributed by atoms with Crippen LogP contribution in [0.15, 0.2) is 12.7 Å². The minimum Gasteiger partial charge on any atom is -0.481 e. The zero-order valence-corrected chi connectivity index (χ0v) is 16.2. The Balaban J connectivity index is 0.000000561. The molecule has 0 aromatic carbocycles. The molecule has 0 spiro atoms. The minimum atomic E-state index is -0.682. The third kappa shape index (κ3) is 7.04. The molecule has 0 saturated carbocycles. The molecule has 1 saturated heterocycles. The Morgan fingerprint density at radius 1 is 1.29 bits per heavy atom. The van der Waals surface area contributed by atoms with Gasteiger partial charge in [-0.2, -0.15) is 0 Å². The fraction of sp³-hybridized carbons (Fsp3) is 0.789. The van der Waals surface area contributed by atoms with Gasteiger partial charge in [-0.1, -0.05) is 26.3 Å². The van der Waals surface area contributed by atoms with Gasteiger partial charge in [0.1, 0.15) is 6.10 Å². The van der Waals surface area contributed by atoms with Crippen molar-refractivity contribution in [2.24, 2.45) is 0 Å². The highest BCUT2D eigenvalue weighted by Gasteiger charge is 2.46. The average molecular weight is 341 g/mol. The van der Waals surface area contributed by atoms with E-state index in [2.05, 4.69) is 53.1 Å². The molecule has 24 heavy (non-hydrogen) atoms. The molecule has 140 valence electrons. The van der Waals surface area contributed by atoms with Crippen molar-refractivity contribution in [2.45, 2.75) is 90.3 Å². The summed E-state index contributed by atoms with van der Waals surface area (Å²) in [7, 11) is 2.09. The van der Waals surface area contributed by atoms with Gasteiger partial charge in [-0.25, -0.2) is 4.79 Å². The first-order valence-corrected chi connectivity index (χ1v) is 8.77. The molecule has 0 aliphatic carbocycles. The predicted molar refractivity (Wildman–Crippen MR) is 97.0 cm³/mol. The summed E-state index contributed by atoms with van der Waals surface area (Å²) in [4.78, 5) is 23.4. The van der Waals surface area contributed by atoms with Crippen molar-refractivity contribution in [2.75, 3.05) is 7.05 Å². The van der Waals surface area contributed by atoms with Gasteiger partial charge in [0.15, 0.2) is 0 Å². The van der Waals surface area contributed by atoms with E-state index in [4.69, 9.17) is 9.84 Å². The number of esters is 1. The Kier molecular flexibility index (Phi) is 9.26. The number of ether oxygens (including phenoxy) is 1. The van der Waals surface area contributed by atoms with E-state index >= 15 is 0 Å². The van der Waals surface area contributed by atoms with Gasteiger partial charge in [-0.3, -0.25) is 9.69 Å². The standard InChI is InChI=1S/C13H23NO2.C6H12O2/c1-7-11(15)16-10-8-9-12(2,3)14(6)13(10,4)5;1-2-3-4-5-6(7)8/h7,10H,1,8-9H2,2-6H3;2-5H2,1H3,(H,7,8). The van der Waals surface area contributed by atoms with E-state index < -0.39 is 5.97 Å². The van der Waals surface area contributed by atoms with E-state index in [9.17, 15) is 9.59 Å². The molecule has 0 radical (unpaired) electrons. The predicted octanol–water partition coefficient (Wildman–Crippen LogP) is 4.02. The smallest absolute Gasteiger partial charge is 0.330 e. The Labute approximate surface area is 147 Å². The molecular formula is C19H35NO4. The fourth-order valence-corrected chi connectivity index (χ4v) is 2.92. The number of carbonyl (C=O) groups excluding carboxylic acids is 1. The lowest BCUT2D eigenvalue weighted by Crippen LogP contribution is -2.63. The number of hydrogen-bond acceptors (Lipinski definition) is 4. The number of rotatable bonds is 6. The third-order valence-electron chi connectivity index (χ3n) is 5.00. The molecule has 1 aliphatic heterocycles. The number of unbranched alkanes of at least 4 members (excludes halogenated alkanes) is 2. The monoisotopic (exact) mass is 341 g/mol. The van der Waals surface area contributed by atoms with Crippen LogP contribution >= 0.6 is 0 Å². The van der Waals surface area contributed by atoms with Crippen LogP contribution in [0, 0.1) is 0 Å². The Morgan fingerprint density at radius 2 is 1.88 bits per heavy atom. The maximum atomic E-state index is 11.3. The van der Waals surface area contributed by atoms with E-state index in [0.717, 1.165) is 32.1 Å². The molecular weight excluding hydrogens is 306 g/mol. The first-order chi connectivity index (χ1) is 11.0. The van der Waals surface area contributed by atoms with Crippen molar-refractivity contribution in [3.63, 3.8) is 0 Å². The fourth-order valence-electron chi connectivity index (χ4n) is 2.92. The van der Waals surface area contributed by atoms with Gasteiger partial charge in [-0.05, 0) is 54.0 Å². The highest BCUT2D eigenvalue weighted by molar-refractivity contribution is 5.81. The molecule has 1 rings (SSSR count). The molecule has 5 nitrogen and oxygen atoms in total. The Morgan fingerprint density at radius 3 is 2.33 bits per heavy atom. The highest BCUT2D eigenvalue weighted by Crippen LogP contribution is 2.38. The lowest BCUT2D eigenvalue weighted by molar-refractivity contribution is -0.161. The van der Waals surface area contributed by atoms with Crippen molar-refractivity contribution in [1.82, 2.24) is 4.90 Å². The zero-order chi connectivity index (χ0) is 19.0. The summed E-state index contributed by atoms with van der Waals surface area (Å²) in [6, 6.07) is 0. The van der Waals surface area contributed by atoms with E-state index in [0.29, 0.717) is 6.42 Å². The minimum absolute atomic E-state index is 0.0592. The van der Waals surface area contributed by atoms with Gasteiger partial charge in [0.2, 0.25) is 0 Å². The zero-order valence-electron chi connectivity index (χ0n) is 16.2. The molecule has 0 bridgehead atoms. The normalized spacial score (nSPS) is 22.0. The van der Waals surface area contributed by atoms with E-state index in [1.807, 2.05) is 0 Å². The van der Waals surface area contributed by atoms with E-state index in [-0.39, 0.29) is 23.2 Å². The second-order valence-corrected chi connectivity index (χ2v) is 7.54. The van der Waals surface area contributed by atoms with Crippen molar-refractivity contribution in [3.8, 4) is 0 Å². The average Bonchev–Trinajstić information content (AvgIpc) is 2.49. The van der Waals surface area contributed by atoms with Crippen molar-refractivity contribution >= 4 is 11.9 Å². The molecule has 0 aromatic rings.